The first-order chi connectivity index (χ1) is 13.8. The highest BCUT2D eigenvalue weighted by molar-refractivity contribution is 6.15. The van der Waals surface area contributed by atoms with Crippen LogP contribution >= 0.6 is 0 Å². The molecular formula is C23H25NO4. The lowest BCUT2D eigenvalue weighted by molar-refractivity contribution is 0.171. The highest BCUT2D eigenvalue weighted by Gasteiger charge is 2.34. The lowest BCUT2D eigenvalue weighted by Crippen LogP contribution is -2.29. The van der Waals surface area contributed by atoms with Crippen LogP contribution in [0, 0.1) is 0 Å². The zero-order valence-corrected chi connectivity index (χ0v) is 16.4. The summed E-state index contributed by atoms with van der Waals surface area (Å²) in [5.41, 5.74) is 4.53. The molecule has 0 N–H and O–H groups in total. The monoisotopic (exact) mass is 379 g/mol. The average molecular weight is 379 g/mol. The molecule has 1 fully saturated rings. The molecule has 2 aliphatic heterocycles. The molecule has 3 aliphatic rings. The van der Waals surface area contributed by atoms with Crippen molar-refractivity contribution in [3.8, 4) is 23.0 Å². The highest BCUT2D eigenvalue weighted by Crippen LogP contribution is 2.45. The maximum atomic E-state index is 5.81. The van der Waals surface area contributed by atoms with Gasteiger partial charge in [0.1, 0.15) is 13.2 Å². The molecule has 146 valence electrons. The lowest BCUT2D eigenvalue weighted by Gasteiger charge is -2.36. The van der Waals surface area contributed by atoms with Crippen molar-refractivity contribution < 1.29 is 18.9 Å². The van der Waals surface area contributed by atoms with Crippen molar-refractivity contribution in [2.75, 3.05) is 27.4 Å². The maximum Gasteiger partial charge on any atom is 0.162 e. The molecular weight excluding hydrogens is 354 g/mol. The summed E-state index contributed by atoms with van der Waals surface area (Å²) >= 11 is 0. The van der Waals surface area contributed by atoms with Gasteiger partial charge in [0.05, 0.1) is 26.0 Å². The van der Waals surface area contributed by atoms with Crippen molar-refractivity contribution in [3.63, 3.8) is 0 Å². The number of methoxy groups -OCH3 is 2. The van der Waals surface area contributed by atoms with Crippen molar-refractivity contribution in [1.29, 1.82) is 0 Å². The van der Waals surface area contributed by atoms with E-state index < -0.39 is 0 Å². The molecule has 2 unspecified atom stereocenters. The molecule has 2 aromatic carbocycles. The molecule has 0 aromatic heterocycles. The van der Waals surface area contributed by atoms with Crippen molar-refractivity contribution >= 4 is 5.71 Å². The van der Waals surface area contributed by atoms with Gasteiger partial charge >= 0.3 is 0 Å². The molecule has 0 saturated heterocycles. The van der Waals surface area contributed by atoms with Crippen LogP contribution in [0.5, 0.6) is 23.0 Å². The summed E-state index contributed by atoms with van der Waals surface area (Å²) < 4.78 is 22.7. The molecule has 2 heterocycles. The predicted molar refractivity (Wildman–Crippen MR) is 108 cm³/mol. The fourth-order valence-corrected chi connectivity index (χ4v) is 4.69. The third-order valence-corrected chi connectivity index (χ3v) is 6.05. The largest absolute Gasteiger partial charge is 0.493 e. The fraction of sp³-hybridized carbons (Fsp3) is 0.435. The maximum absolute atomic E-state index is 5.81. The number of hydrogen-bond donors (Lipinski definition) is 0. The molecule has 0 spiro atoms. The second-order valence-corrected chi connectivity index (χ2v) is 7.59. The van der Waals surface area contributed by atoms with Gasteiger partial charge in [0.15, 0.2) is 23.0 Å². The van der Waals surface area contributed by atoms with Gasteiger partial charge in [-0.2, -0.15) is 0 Å². The number of fused-ring (bicyclic) bond motifs is 4. The molecule has 0 bridgehead atoms. The van der Waals surface area contributed by atoms with Gasteiger partial charge in [-0.05, 0) is 48.7 Å². The Balaban J connectivity index is 1.66. The standard InChI is InChI=1S/C23H25NO4/c1-25-20-12-16-15-5-3-4-6-18(15)24-23(17(16)13-21(20)26-2)14-7-8-19-22(11-14)28-10-9-27-19/h7-8,11-13,15,18H,3-6,9-10H2,1-2H3. The molecule has 1 saturated carbocycles. The van der Waals surface area contributed by atoms with Gasteiger partial charge < -0.3 is 18.9 Å². The summed E-state index contributed by atoms with van der Waals surface area (Å²) in [6.07, 6.45) is 4.79. The molecule has 2 atom stereocenters. The van der Waals surface area contributed by atoms with Gasteiger partial charge in [0.25, 0.3) is 0 Å². The van der Waals surface area contributed by atoms with Crippen molar-refractivity contribution in [1.82, 2.24) is 0 Å². The normalized spacial score (nSPS) is 22.6. The van der Waals surface area contributed by atoms with E-state index in [9.17, 15) is 0 Å². The van der Waals surface area contributed by atoms with E-state index in [4.69, 9.17) is 23.9 Å². The zero-order valence-electron chi connectivity index (χ0n) is 16.4. The third kappa shape index (κ3) is 2.81. The van der Waals surface area contributed by atoms with Crippen molar-refractivity contribution in [3.05, 3.63) is 47.0 Å². The number of rotatable bonds is 3. The average Bonchev–Trinajstić information content (AvgIpc) is 2.77. The number of ether oxygens (including phenoxy) is 4. The van der Waals surface area contributed by atoms with Crippen LogP contribution in [0.25, 0.3) is 0 Å². The van der Waals surface area contributed by atoms with Crippen LogP contribution in [0.2, 0.25) is 0 Å². The van der Waals surface area contributed by atoms with Crippen LogP contribution in [0.3, 0.4) is 0 Å². The molecule has 2 aromatic rings. The van der Waals surface area contributed by atoms with E-state index in [2.05, 4.69) is 24.3 Å². The number of hydrogen-bond acceptors (Lipinski definition) is 5. The van der Waals surface area contributed by atoms with E-state index in [-0.39, 0.29) is 0 Å². The zero-order chi connectivity index (χ0) is 19.1. The van der Waals surface area contributed by atoms with E-state index in [0.717, 1.165) is 46.3 Å². The van der Waals surface area contributed by atoms with Gasteiger partial charge in [-0.3, -0.25) is 4.99 Å². The molecule has 5 nitrogen and oxygen atoms in total. The van der Waals surface area contributed by atoms with Crippen LogP contribution in [0.4, 0.5) is 0 Å². The Kier molecular flexibility index (Phi) is 4.38. The van der Waals surface area contributed by atoms with Gasteiger partial charge in [-0.15, -0.1) is 0 Å². The third-order valence-electron chi connectivity index (χ3n) is 6.05. The summed E-state index contributed by atoms with van der Waals surface area (Å²) in [5, 5.41) is 0. The number of nitrogens with zero attached hydrogens (tertiary/aromatic N) is 1. The minimum atomic E-state index is 0.322. The van der Waals surface area contributed by atoms with Gasteiger partial charge in [-0.25, -0.2) is 0 Å². The SMILES string of the molecule is COc1cc2c(cc1OC)C1CCCCC1N=C2c1ccc2c(c1)OCCO2. The minimum absolute atomic E-state index is 0.322. The summed E-state index contributed by atoms with van der Waals surface area (Å²) in [4.78, 5) is 5.22. The topological polar surface area (TPSA) is 49.3 Å². The Hall–Kier alpha value is -2.69. The second-order valence-electron chi connectivity index (χ2n) is 7.59. The smallest absolute Gasteiger partial charge is 0.162 e. The van der Waals surface area contributed by atoms with Gasteiger partial charge in [0, 0.05) is 17.0 Å². The van der Waals surface area contributed by atoms with E-state index in [1.807, 2.05) is 6.07 Å². The van der Waals surface area contributed by atoms with E-state index in [0.29, 0.717) is 25.2 Å². The minimum Gasteiger partial charge on any atom is -0.493 e. The first-order valence-electron chi connectivity index (χ1n) is 10.0. The molecule has 0 amide bonds. The molecule has 5 rings (SSSR count). The summed E-state index contributed by atoms with van der Waals surface area (Å²) in [6, 6.07) is 10.7. The van der Waals surface area contributed by atoms with E-state index in [1.165, 1.54) is 24.8 Å². The van der Waals surface area contributed by atoms with Crippen LogP contribution < -0.4 is 18.9 Å². The van der Waals surface area contributed by atoms with Crippen molar-refractivity contribution in [2.45, 2.75) is 37.6 Å². The molecule has 5 heteroatoms. The Morgan fingerprint density at radius 2 is 1.64 bits per heavy atom. The quantitative estimate of drug-likeness (QED) is 0.795. The molecule has 1 aliphatic carbocycles. The van der Waals surface area contributed by atoms with Crippen LogP contribution in [0.1, 0.15) is 48.3 Å². The predicted octanol–water partition coefficient (Wildman–Crippen LogP) is 4.35. The Morgan fingerprint density at radius 3 is 2.46 bits per heavy atom. The van der Waals surface area contributed by atoms with Crippen LogP contribution in [-0.4, -0.2) is 39.2 Å². The fourth-order valence-electron chi connectivity index (χ4n) is 4.69. The lowest BCUT2D eigenvalue weighted by atomic mass is 9.75. The highest BCUT2D eigenvalue weighted by atomic mass is 16.6. The summed E-state index contributed by atoms with van der Waals surface area (Å²) in [6.45, 7) is 1.17. The second kappa shape index (κ2) is 7.04. The van der Waals surface area contributed by atoms with E-state index >= 15 is 0 Å². The van der Waals surface area contributed by atoms with E-state index in [1.54, 1.807) is 14.2 Å². The van der Waals surface area contributed by atoms with Gasteiger partial charge in [-0.1, -0.05) is 12.8 Å². The number of aliphatic imine (C=N–C) groups is 1. The number of benzene rings is 2. The summed E-state index contributed by atoms with van der Waals surface area (Å²) in [7, 11) is 3.37. The summed E-state index contributed by atoms with van der Waals surface area (Å²) in [5.74, 6) is 3.56. The Morgan fingerprint density at radius 1 is 0.893 bits per heavy atom. The van der Waals surface area contributed by atoms with Crippen LogP contribution in [-0.2, 0) is 0 Å². The van der Waals surface area contributed by atoms with Gasteiger partial charge in [0.2, 0.25) is 0 Å². The first-order valence-corrected chi connectivity index (χ1v) is 10.0. The van der Waals surface area contributed by atoms with Crippen LogP contribution in [0.15, 0.2) is 35.3 Å². The molecule has 0 radical (unpaired) electrons. The Labute approximate surface area is 165 Å². The molecule has 28 heavy (non-hydrogen) atoms. The first kappa shape index (κ1) is 17.4. The Bertz CT molecular complexity index is 936. The van der Waals surface area contributed by atoms with Crippen molar-refractivity contribution in [2.24, 2.45) is 4.99 Å².